The van der Waals surface area contributed by atoms with E-state index < -0.39 is 0 Å². The van der Waals surface area contributed by atoms with Crippen molar-refractivity contribution in [1.82, 2.24) is 0 Å². The fourth-order valence-electron chi connectivity index (χ4n) is 1.95. The Balaban J connectivity index is 2.11. The highest BCUT2D eigenvalue weighted by Gasteiger charge is 2.00. The Hall–Kier alpha value is -3.00. The lowest BCUT2D eigenvalue weighted by Gasteiger charge is -1.99. The SMILES string of the molecule is C=CC(=O)c1ccc(C=Cc2ccc(C(=O)C=C)cc2)cc1. The number of allylic oxidation sites excluding steroid dienone is 2. The first kappa shape index (κ1) is 15.4. The van der Waals surface area contributed by atoms with E-state index in [1.54, 1.807) is 24.3 Å². The van der Waals surface area contributed by atoms with Gasteiger partial charge in [-0.3, -0.25) is 9.59 Å². The predicted molar refractivity (Wildman–Crippen MR) is 90.9 cm³/mol. The van der Waals surface area contributed by atoms with Crippen molar-refractivity contribution < 1.29 is 9.59 Å². The Bertz CT molecular complexity index is 667. The third-order valence-electron chi connectivity index (χ3n) is 3.23. The third kappa shape index (κ3) is 3.76. The number of hydrogen-bond acceptors (Lipinski definition) is 2. The van der Waals surface area contributed by atoms with Gasteiger partial charge < -0.3 is 0 Å². The van der Waals surface area contributed by atoms with Crippen LogP contribution in [0, 0.1) is 0 Å². The second kappa shape index (κ2) is 7.14. The Morgan fingerprint density at radius 1 is 0.636 bits per heavy atom. The highest BCUT2D eigenvalue weighted by molar-refractivity contribution is 6.04. The van der Waals surface area contributed by atoms with Crippen molar-refractivity contribution in [2.24, 2.45) is 0 Å². The van der Waals surface area contributed by atoms with Crippen LogP contribution in [0.3, 0.4) is 0 Å². The van der Waals surface area contributed by atoms with E-state index in [1.165, 1.54) is 12.2 Å². The van der Waals surface area contributed by atoms with Crippen LogP contribution in [0.4, 0.5) is 0 Å². The Morgan fingerprint density at radius 2 is 0.955 bits per heavy atom. The van der Waals surface area contributed by atoms with Gasteiger partial charge in [-0.25, -0.2) is 0 Å². The molecule has 0 heterocycles. The number of ketones is 2. The molecule has 0 fully saturated rings. The average Bonchev–Trinajstić information content (AvgIpc) is 2.59. The predicted octanol–water partition coefficient (Wildman–Crippen LogP) is 4.59. The standard InChI is InChI=1S/C20H16O2/c1-3-19(21)17-11-7-15(8-12-17)5-6-16-9-13-18(14-10-16)20(22)4-2/h3-14H,1-2H2. The van der Waals surface area contributed by atoms with Crippen LogP contribution in [-0.2, 0) is 0 Å². The van der Waals surface area contributed by atoms with Crippen molar-refractivity contribution in [2.45, 2.75) is 0 Å². The molecule has 2 aromatic rings. The second-order valence-corrected chi connectivity index (χ2v) is 4.71. The van der Waals surface area contributed by atoms with Gasteiger partial charge >= 0.3 is 0 Å². The molecule has 0 aliphatic carbocycles. The van der Waals surface area contributed by atoms with E-state index >= 15 is 0 Å². The molecule has 0 N–H and O–H groups in total. The largest absolute Gasteiger partial charge is 0.289 e. The first-order chi connectivity index (χ1) is 10.6. The molecule has 0 aliphatic rings. The van der Waals surface area contributed by atoms with Gasteiger partial charge in [0.05, 0.1) is 0 Å². The maximum Gasteiger partial charge on any atom is 0.185 e. The van der Waals surface area contributed by atoms with E-state index in [9.17, 15) is 9.59 Å². The molecular weight excluding hydrogens is 272 g/mol. The summed E-state index contributed by atoms with van der Waals surface area (Å²) in [6, 6.07) is 14.6. The van der Waals surface area contributed by atoms with Gasteiger partial charge in [0.25, 0.3) is 0 Å². The van der Waals surface area contributed by atoms with Crippen molar-refractivity contribution in [3.63, 3.8) is 0 Å². The van der Waals surface area contributed by atoms with Crippen LogP contribution >= 0.6 is 0 Å². The molecule has 0 aliphatic heterocycles. The minimum atomic E-state index is -0.0852. The lowest BCUT2D eigenvalue weighted by molar-refractivity contribution is 0.103. The van der Waals surface area contributed by atoms with Crippen LogP contribution in [0.2, 0.25) is 0 Å². The molecular formula is C20H16O2. The summed E-state index contributed by atoms with van der Waals surface area (Å²) in [6.45, 7) is 6.93. The van der Waals surface area contributed by atoms with Crippen LogP contribution < -0.4 is 0 Å². The minimum absolute atomic E-state index is 0.0852. The molecule has 2 nitrogen and oxygen atoms in total. The Morgan fingerprint density at radius 3 is 1.23 bits per heavy atom. The summed E-state index contributed by atoms with van der Waals surface area (Å²) >= 11 is 0. The summed E-state index contributed by atoms with van der Waals surface area (Å²) in [4.78, 5) is 22.9. The second-order valence-electron chi connectivity index (χ2n) is 4.71. The molecule has 0 atom stereocenters. The molecule has 0 aromatic heterocycles. The molecule has 0 amide bonds. The molecule has 108 valence electrons. The topological polar surface area (TPSA) is 34.1 Å². The van der Waals surface area contributed by atoms with Crippen molar-refractivity contribution in [3.8, 4) is 0 Å². The van der Waals surface area contributed by atoms with E-state index in [0.29, 0.717) is 11.1 Å². The van der Waals surface area contributed by atoms with Gasteiger partial charge in [0.15, 0.2) is 11.6 Å². The minimum Gasteiger partial charge on any atom is -0.289 e. The summed E-state index contributed by atoms with van der Waals surface area (Å²) < 4.78 is 0. The zero-order chi connectivity index (χ0) is 15.9. The first-order valence-electron chi connectivity index (χ1n) is 6.86. The molecule has 0 unspecified atom stereocenters. The summed E-state index contributed by atoms with van der Waals surface area (Å²) in [5.41, 5.74) is 3.23. The number of carbonyl (C=O) groups excluding carboxylic acids is 2. The molecule has 2 heteroatoms. The fraction of sp³-hybridized carbons (Fsp3) is 0. The van der Waals surface area contributed by atoms with Crippen LogP contribution in [0.1, 0.15) is 31.8 Å². The smallest absolute Gasteiger partial charge is 0.185 e. The maximum absolute atomic E-state index is 11.4. The highest BCUT2D eigenvalue weighted by atomic mass is 16.1. The maximum atomic E-state index is 11.4. The van der Waals surface area contributed by atoms with Crippen LogP contribution in [0.25, 0.3) is 12.2 Å². The van der Waals surface area contributed by atoms with Gasteiger partial charge in [-0.2, -0.15) is 0 Å². The van der Waals surface area contributed by atoms with E-state index in [1.807, 2.05) is 36.4 Å². The van der Waals surface area contributed by atoms with Crippen molar-refractivity contribution >= 4 is 23.7 Å². The van der Waals surface area contributed by atoms with E-state index in [-0.39, 0.29) is 11.6 Å². The van der Waals surface area contributed by atoms with Gasteiger partial charge in [0.2, 0.25) is 0 Å². The highest BCUT2D eigenvalue weighted by Crippen LogP contribution is 2.12. The number of hydrogen-bond donors (Lipinski definition) is 0. The van der Waals surface area contributed by atoms with Crippen molar-refractivity contribution in [3.05, 3.63) is 96.1 Å². The van der Waals surface area contributed by atoms with Crippen molar-refractivity contribution in [1.29, 1.82) is 0 Å². The summed E-state index contributed by atoms with van der Waals surface area (Å²) in [6.07, 6.45) is 6.51. The molecule has 0 saturated carbocycles. The molecule has 2 rings (SSSR count). The average molecular weight is 288 g/mol. The quantitative estimate of drug-likeness (QED) is 0.442. The number of benzene rings is 2. The van der Waals surface area contributed by atoms with Gasteiger partial charge in [-0.15, -0.1) is 0 Å². The Labute approximate surface area is 130 Å². The summed E-state index contributed by atoms with van der Waals surface area (Å²) in [5, 5.41) is 0. The van der Waals surface area contributed by atoms with Gasteiger partial charge in [-0.1, -0.05) is 73.8 Å². The fourth-order valence-corrected chi connectivity index (χ4v) is 1.95. The molecule has 0 spiro atoms. The van der Waals surface area contributed by atoms with Crippen LogP contribution in [0.15, 0.2) is 73.8 Å². The molecule has 0 saturated heterocycles. The third-order valence-corrected chi connectivity index (χ3v) is 3.23. The van der Waals surface area contributed by atoms with E-state index in [4.69, 9.17) is 0 Å². The van der Waals surface area contributed by atoms with Gasteiger partial charge in [-0.05, 0) is 23.3 Å². The molecule has 2 aromatic carbocycles. The lowest BCUT2D eigenvalue weighted by Crippen LogP contribution is -1.92. The monoisotopic (exact) mass is 288 g/mol. The zero-order valence-electron chi connectivity index (χ0n) is 12.2. The van der Waals surface area contributed by atoms with Crippen LogP contribution in [0.5, 0.6) is 0 Å². The first-order valence-corrected chi connectivity index (χ1v) is 6.86. The molecule has 22 heavy (non-hydrogen) atoms. The number of carbonyl (C=O) groups is 2. The van der Waals surface area contributed by atoms with Gasteiger partial charge in [0, 0.05) is 11.1 Å². The van der Waals surface area contributed by atoms with E-state index in [0.717, 1.165) is 11.1 Å². The lowest BCUT2D eigenvalue weighted by atomic mass is 10.1. The summed E-state index contributed by atoms with van der Waals surface area (Å²) in [7, 11) is 0. The Kier molecular flexibility index (Phi) is 4.99. The molecule has 0 bridgehead atoms. The van der Waals surface area contributed by atoms with Gasteiger partial charge in [0.1, 0.15) is 0 Å². The normalized spacial score (nSPS) is 10.4. The molecule has 0 radical (unpaired) electrons. The number of rotatable bonds is 6. The summed E-state index contributed by atoms with van der Waals surface area (Å²) in [5.74, 6) is -0.170. The van der Waals surface area contributed by atoms with Crippen molar-refractivity contribution in [2.75, 3.05) is 0 Å². The van der Waals surface area contributed by atoms with E-state index in [2.05, 4.69) is 13.2 Å². The zero-order valence-corrected chi connectivity index (χ0v) is 12.2. The van der Waals surface area contributed by atoms with Crippen LogP contribution in [-0.4, -0.2) is 11.6 Å².